The molecule has 0 spiro atoms. The maximum absolute atomic E-state index is 9.42. The van der Waals surface area contributed by atoms with Gasteiger partial charge in [0.15, 0.2) is 0 Å². The third-order valence-electron chi connectivity index (χ3n) is 2.02. The van der Waals surface area contributed by atoms with Crippen LogP contribution in [-0.4, -0.2) is 24.3 Å². The second-order valence-electron chi connectivity index (χ2n) is 3.31. The van der Waals surface area contributed by atoms with Gasteiger partial charge in [0.25, 0.3) is 0 Å². The van der Waals surface area contributed by atoms with E-state index in [1.165, 1.54) is 25.7 Å². The normalized spacial score (nSPS) is 13.2. The summed E-state index contributed by atoms with van der Waals surface area (Å²) in [5.74, 6) is 0. The summed E-state index contributed by atoms with van der Waals surface area (Å²) in [6.07, 6.45) is 5.81. The summed E-state index contributed by atoms with van der Waals surface area (Å²) in [6, 6.07) is 0. The molecule has 2 heteroatoms. The lowest BCUT2D eigenvalue weighted by atomic mass is 10.1. The van der Waals surface area contributed by atoms with Crippen LogP contribution >= 0.6 is 0 Å². The van der Waals surface area contributed by atoms with Crippen molar-refractivity contribution in [3.05, 3.63) is 0 Å². The monoisotopic (exact) mass is 173 g/mol. The maximum Gasteiger partial charge on any atom is 0.0664 e. The minimum atomic E-state index is -0.137. The Hall–Kier alpha value is -0.0800. The van der Waals surface area contributed by atoms with E-state index in [2.05, 4.69) is 19.2 Å². The second kappa shape index (κ2) is 9.01. The highest BCUT2D eigenvalue weighted by Crippen LogP contribution is 2.04. The molecule has 2 N–H and O–H groups in total. The van der Waals surface area contributed by atoms with Crippen molar-refractivity contribution in [1.29, 1.82) is 0 Å². The van der Waals surface area contributed by atoms with Crippen LogP contribution in [0.3, 0.4) is 0 Å². The van der Waals surface area contributed by atoms with E-state index in [1.807, 2.05) is 0 Å². The van der Waals surface area contributed by atoms with Crippen molar-refractivity contribution in [1.82, 2.24) is 5.32 Å². The first kappa shape index (κ1) is 11.9. The molecule has 1 atom stereocenters. The molecule has 0 heterocycles. The lowest BCUT2D eigenvalue weighted by Gasteiger charge is -2.09. The fraction of sp³-hybridized carbons (Fsp3) is 1.00. The molecule has 2 nitrogen and oxygen atoms in total. The summed E-state index contributed by atoms with van der Waals surface area (Å²) in [4.78, 5) is 0. The Morgan fingerprint density at radius 2 is 1.92 bits per heavy atom. The first-order chi connectivity index (χ1) is 5.81. The van der Waals surface area contributed by atoms with Gasteiger partial charge in [-0.15, -0.1) is 0 Å². The molecular formula is C10H23NO. The highest BCUT2D eigenvalue weighted by atomic mass is 16.3. The molecule has 0 fully saturated rings. The van der Waals surface area contributed by atoms with Crippen LogP contribution in [-0.2, 0) is 0 Å². The van der Waals surface area contributed by atoms with Gasteiger partial charge in [-0.1, -0.05) is 39.5 Å². The molecule has 0 aromatic rings. The van der Waals surface area contributed by atoms with Crippen molar-refractivity contribution in [2.45, 2.75) is 52.1 Å². The Labute approximate surface area is 76.4 Å². The standard InChI is InChI=1S/C10H23NO/c1-3-5-6-7-8-10(12)9-11-4-2/h10-12H,3-9H2,1-2H3. The fourth-order valence-electron chi connectivity index (χ4n) is 1.22. The van der Waals surface area contributed by atoms with Crippen molar-refractivity contribution in [2.75, 3.05) is 13.1 Å². The van der Waals surface area contributed by atoms with E-state index in [-0.39, 0.29) is 6.10 Å². The second-order valence-corrected chi connectivity index (χ2v) is 3.31. The Morgan fingerprint density at radius 1 is 1.17 bits per heavy atom. The van der Waals surface area contributed by atoms with E-state index < -0.39 is 0 Å². The van der Waals surface area contributed by atoms with E-state index in [9.17, 15) is 5.11 Å². The number of hydrogen-bond donors (Lipinski definition) is 2. The van der Waals surface area contributed by atoms with Gasteiger partial charge in [0.1, 0.15) is 0 Å². The molecule has 0 bridgehead atoms. The zero-order valence-corrected chi connectivity index (χ0v) is 8.47. The molecule has 74 valence electrons. The Bertz CT molecular complexity index is 85.9. The van der Waals surface area contributed by atoms with Gasteiger partial charge in [-0.2, -0.15) is 0 Å². The molecule has 0 aliphatic rings. The van der Waals surface area contributed by atoms with Gasteiger partial charge in [0.2, 0.25) is 0 Å². The van der Waals surface area contributed by atoms with Crippen molar-refractivity contribution in [3.8, 4) is 0 Å². The van der Waals surface area contributed by atoms with Crippen LogP contribution in [0.1, 0.15) is 46.0 Å². The van der Waals surface area contributed by atoms with Crippen molar-refractivity contribution >= 4 is 0 Å². The highest BCUT2D eigenvalue weighted by molar-refractivity contribution is 4.58. The molecule has 0 radical (unpaired) electrons. The van der Waals surface area contributed by atoms with Crippen molar-refractivity contribution in [3.63, 3.8) is 0 Å². The summed E-state index contributed by atoms with van der Waals surface area (Å²) in [6.45, 7) is 5.97. The van der Waals surface area contributed by atoms with E-state index in [0.29, 0.717) is 0 Å². The van der Waals surface area contributed by atoms with E-state index in [0.717, 1.165) is 19.5 Å². The topological polar surface area (TPSA) is 32.3 Å². The Morgan fingerprint density at radius 3 is 2.50 bits per heavy atom. The lowest BCUT2D eigenvalue weighted by molar-refractivity contribution is 0.158. The van der Waals surface area contributed by atoms with Gasteiger partial charge in [0, 0.05) is 6.54 Å². The zero-order chi connectivity index (χ0) is 9.23. The molecule has 0 saturated heterocycles. The highest BCUT2D eigenvalue weighted by Gasteiger charge is 2.01. The lowest BCUT2D eigenvalue weighted by Crippen LogP contribution is -2.26. The third-order valence-corrected chi connectivity index (χ3v) is 2.02. The van der Waals surface area contributed by atoms with Crippen LogP contribution in [0.5, 0.6) is 0 Å². The first-order valence-electron chi connectivity index (χ1n) is 5.20. The predicted octanol–water partition coefficient (Wildman–Crippen LogP) is 1.93. The number of rotatable bonds is 8. The third kappa shape index (κ3) is 8.02. The quantitative estimate of drug-likeness (QED) is 0.550. The summed E-state index contributed by atoms with van der Waals surface area (Å²) in [5, 5.41) is 12.6. The first-order valence-corrected chi connectivity index (χ1v) is 5.20. The number of aliphatic hydroxyl groups is 1. The van der Waals surface area contributed by atoms with Crippen LogP contribution in [0, 0.1) is 0 Å². The van der Waals surface area contributed by atoms with Gasteiger partial charge in [0.05, 0.1) is 6.10 Å². The average Bonchev–Trinajstić information content (AvgIpc) is 2.09. The van der Waals surface area contributed by atoms with Gasteiger partial charge >= 0.3 is 0 Å². The summed E-state index contributed by atoms with van der Waals surface area (Å²) < 4.78 is 0. The van der Waals surface area contributed by atoms with E-state index in [4.69, 9.17) is 0 Å². The van der Waals surface area contributed by atoms with Gasteiger partial charge < -0.3 is 10.4 Å². The molecule has 0 aromatic carbocycles. The summed E-state index contributed by atoms with van der Waals surface area (Å²) in [7, 11) is 0. The minimum Gasteiger partial charge on any atom is -0.392 e. The smallest absolute Gasteiger partial charge is 0.0664 e. The van der Waals surface area contributed by atoms with Gasteiger partial charge in [-0.05, 0) is 13.0 Å². The Kier molecular flexibility index (Phi) is 8.95. The van der Waals surface area contributed by atoms with E-state index in [1.54, 1.807) is 0 Å². The largest absolute Gasteiger partial charge is 0.392 e. The van der Waals surface area contributed by atoms with Crippen LogP contribution in [0.15, 0.2) is 0 Å². The minimum absolute atomic E-state index is 0.137. The zero-order valence-electron chi connectivity index (χ0n) is 8.47. The van der Waals surface area contributed by atoms with E-state index >= 15 is 0 Å². The molecule has 0 aliphatic carbocycles. The SMILES string of the molecule is CCCCCCC(O)CNCC. The molecule has 0 amide bonds. The van der Waals surface area contributed by atoms with Crippen molar-refractivity contribution < 1.29 is 5.11 Å². The number of nitrogens with one attached hydrogen (secondary N) is 1. The summed E-state index contributed by atoms with van der Waals surface area (Å²) in [5.41, 5.74) is 0. The molecule has 0 rings (SSSR count). The molecule has 0 aromatic heterocycles. The van der Waals surface area contributed by atoms with Crippen molar-refractivity contribution in [2.24, 2.45) is 0 Å². The van der Waals surface area contributed by atoms with Gasteiger partial charge in [-0.25, -0.2) is 0 Å². The van der Waals surface area contributed by atoms with Crippen LogP contribution < -0.4 is 5.32 Å². The number of unbranched alkanes of at least 4 members (excludes halogenated alkanes) is 3. The number of likely N-dealkylation sites (N-methyl/N-ethyl adjacent to an activating group) is 1. The molecule has 12 heavy (non-hydrogen) atoms. The van der Waals surface area contributed by atoms with Crippen LogP contribution in [0.2, 0.25) is 0 Å². The summed E-state index contributed by atoms with van der Waals surface area (Å²) >= 11 is 0. The van der Waals surface area contributed by atoms with Crippen LogP contribution in [0.4, 0.5) is 0 Å². The Balaban J connectivity index is 3.02. The number of aliphatic hydroxyl groups excluding tert-OH is 1. The molecule has 1 unspecified atom stereocenters. The average molecular weight is 173 g/mol. The van der Waals surface area contributed by atoms with Gasteiger partial charge in [-0.3, -0.25) is 0 Å². The predicted molar refractivity (Wildman–Crippen MR) is 53.3 cm³/mol. The fourth-order valence-corrected chi connectivity index (χ4v) is 1.22. The number of hydrogen-bond acceptors (Lipinski definition) is 2. The molecule has 0 saturated carbocycles. The maximum atomic E-state index is 9.42. The molecular weight excluding hydrogens is 150 g/mol. The van der Waals surface area contributed by atoms with Crippen LogP contribution in [0.25, 0.3) is 0 Å². The molecule has 0 aliphatic heterocycles.